The molecule has 18 heavy (non-hydrogen) atoms. The van der Waals surface area contributed by atoms with Gasteiger partial charge in [-0.1, -0.05) is 0 Å². The SMILES string of the molecule is O=C(NCC1(C(=O)O)CCCS1(=O)=O)C(F)(F)F. The molecule has 1 saturated heterocycles. The Morgan fingerprint density at radius 3 is 2.22 bits per heavy atom. The molecule has 0 spiro atoms. The van der Waals surface area contributed by atoms with Crippen LogP contribution < -0.4 is 5.32 Å². The van der Waals surface area contributed by atoms with Gasteiger partial charge in [-0.3, -0.25) is 9.59 Å². The summed E-state index contributed by atoms with van der Waals surface area (Å²) < 4.78 is 56.6. The van der Waals surface area contributed by atoms with Gasteiger partial charge >= 0.3 is 18.1 Å². The first-order valence-corrected chi connectivity index (χ1v) is 6.49. The van der Waals surface area contributed by atoms with Gasteiger partial charge in [-0.25, -0.2) is 8.42 Å². The van der Waals surface area contributed by atoms with E-state index in [-0.39, 0.29) is 12.8 Å². The van der Waals surface area contributed by atoms with E-state index < -0.39 is 44.9 Å². The van der Waals surface area contributed by atoms with Crippen molar-refractivity contribution in [3.05, 3.63) is 0 Å². The van der Waals surface area contributed by atoms with Gasteiger partial charge in [-0.2, -0.15) is 13.2 Å². The molecule has 10 heteroatoms. The maximum absolute atomic E-state index is 11.9. The third kappa shape index (κ3) is 2.42. The van der Waals surface area contributed by atoms with Crippen molar-refractivity contribution >= 4 is 21.7 Å². The standard InChI is InChI=1S/C8H10F3NO5S/c9-8(10,11)5(13)12-4-7(6(14)15)2-1-3-18(7,16)17/h1-4H2,(H,12,13)(H,14,15). The van der Waals surface area contributed by atoms with Crippen LogP contribution in [0.2, 0.25) is 0 Å². The highest BCUT2D eigenvalue weighted by Gasteiger charge is 2.55. The first-order valence-electron chi connectivity index (χ1n) is 4.84. The molecule has 0 radical (unpaired) electrons. The molecule has 0 aliphatic carbocycles. The summed E-state index contributed by atoms with van der Waals surface area (Å²) in [4.78, 5) is 21.6. The Morgan fingerprint density at radius 2 is 1.89 bits per heavy atom. The van der Waals surface area contributed by atoms with E-state index in [1.54, 1.807) is 0 Å². The zero-order chi connectivity index (χ0) is 14.2. The van der Waals surface area contributed by atoms with E-state index in [1.165, 1.54) is 5.32 Å². The number of hydrogen-bond donors (Lipinski definition) is 2. The van der Waals surface area contributed by atoms with Gasteiger partial charge in [-0.05, 0) is 12.8 Å². The molecule has 1 aliphatic heterocycles. The van der Waals surface area contributed by atoms with Gasteiger partial charge in [0, 0.05) is 6.54 Å². The number of carbonyl (C=O) groups is 2. The molecule has 6 nitrogen and oxygen atoms in total. The fraction of sp³-hybridized carbons (Fsp3) is 0.750. The number of carbonyl (C=O) groups excluding carboxylic acids is 1. The summed E-state index contributed by atoms with van der Waals surface area (Å²) >= 11 is 0. The van der Waals surface area contributed by atoms with Crippen molar-refractivity contribution in [3.63, 3.8) is 0 Å². The van der Waals surface area contributed by atoms with Crippen molar-refractivity contribution < 1.29 is 36.3 Å². The molecule has 1 amide bonds. The third-order valence-electron chi connectivity index (χ3n) is 2.77. The molecule has 0 bridgehead atoms. The highest BCUT2D eigenvalue weighted by atomic mass is 32.2. The lowest BCUT2D eigenvalue weighted by atomic mass is 10.0. The van der Waals surface area contributed by atoms with Crippen LogP contribution in [-0.2, 0) is 19.4 Å². The maximum Gasteiger partial charge on any atom is 0.471 e. The number of amides is 1. The van der Waals surface area contributed by atoms with Gasteiger partial charge in [-0.15, -0.1) is 0 Å². The Morgan fingerprint density at radius 1 is 1.33 bits per heavy atom. The van der Waals surface area contributed by atoms with Crippen LogP contribution in [0.5, 0.6) is 0 Å². The minimum atomic E-state index is -5.18. The predicted molar refractivity (Wildman–Crippen MR) is 52.5 cm³/mol. The van der Waals surface area contributed by atoms with E-state index in [4.69, 9.17) is 5.11 Å². The van der Waals surface area contributed by atoms with Crippen molar-refractivity contribution in [2.45, 2.75) is 23.8 Å². The molecular weight excluding hydrogens is 279 g/mol. The number of halogens is 3. The average molecular weight is 289 g/mol. The minimum Gasteiger partial charge on any atom is -0.480 e. The first-order chi connectivity index (χ1) is 8.03. The van der Waals surface area contributed by atoms with E-state index >= 15 is 0 Å². The molecule has 0 saturated carbocycles. The molecule has 104 valence electrons. The Hall–Kier alpha value is -1.32. The van der Waals surface area contributed by atoms with Gasteiger partial charge in [0.05, 0.1) is 5.75 Å². The summed E-state index contributed by atoms with van der Waals surface area (Å²) in [6.45, 7) is -1.08. The number of alkyl halides is 3. The van der Waals surface area contributed by atoms with Crippen LogP contribution in [0.15, 0.2) is 0 Å². The van der Waals surface area contributed by atoms with Crippen LogP contribution in [0.3, 0.4) is 0 Å². The van der Waals surface area contributed by atoms with Crippen molar-refractivity contribution in [1.29, 1.82) is 0 Å². The summed E-state index contributed by atoms with van der Waals surface area (Å²) in [6.07, 6.45) is -5.46. The van der Waals surface area contributed by atoms with E-state index in [1.807, 2.05) is 0 Å². The second kappa shape index (κ2) is 4.41. The van der Waals surface area contributed by atoms with Gasteiger partial charge in [0.15, 0.2) is 14.6 Å². The van der Waals surface area contributed by atoms with Crippen LogP contribution in [-0.4, -0.2) is 48.6 Å². The summed E-state index contributed by atoms with van der Waals surface area (Å²) in [5.74, 6) is -4.52. The molecule has 1 rings (SSSR count). The monoisotopic (exact) mass is 289 g/mol. The molecule has 1 unspecified atom stereocenters. The van der Waals surface area contributed by atoms with Crippen LogP contribution in [0.4, 0.5) is 13.2 Å². The molecule has 0 aromatic heterocycles. The normalized spacial score (nSPS) is 26.8. The summed E-state index contributed by atoms with van der Waals surface area (Å²) in [5.41, 5.74) is 0. The van der Waals surface area contributed by atoms with Gasteiger partial charge < -0.3 is 10.4 Å². The highest BCUT2D eigenvalue weighted by Crippen LogP contribution is 2.32. The number of aliphatic carboxylic acids is 1. The fourth-order valence-electron chi connectivity index (χ4n) is 1.74. The van der Waals surface area contributed by atoms with Gasteiger partial charge in [0.2, 0.25) is 0 Å². The summed E-state index contributed by atoms with van der Waals surface area (Å²) in [7, 11) is -4.07. The van der Waals surface area contributed by atoms with Gasteiger partial charge in [0.1, 0.15) is 0 Å². The molecule has 1 heterocycles. The van der Waals surface area contributed by atoms with Crippen molar-refractivity contribution in [2.75, 3.05) is 12.3 Å². The van der Waals surface area contributed by atoms with Crippen molar-refractivity contribution in [3.8, 4) is 0 Å². The summed E-state index contributed by atoms with van der Waals surface area (Å²) in [6, 6.07) is 0. The Labute approximate surface area is 100 Å². The first kappa shape index (κ1) is 14.7. The van der Waals surface area contributed by atoms with E-state index in [0.29, 0.717) is 0 Å². The molecule has 1 atom stereocenters. The maximum atomic E-state index is 11.9. The van der Waals surface area contributed by atoms with Crippen LogP contribution >= 0.6 is 0 Å². The smallest absolute Gasteiger partial charge is 0.471 e. The largest absolute Gasteiger partial charge is 0.480 e. The Kier molecular flexibility index (Phi) is 3.61. The number of carboxylic acid groups (broad SMARTS) is 1. The lowest BCUT2D eigenvalue weighted by molar-refractivity contribution is -0.173. The molecular formula is C8H10F3NO5S. The van der Waals surface area contributed by atoms with E-state index in [0.717, 1.165) is 0 Å². The van der Waals surface area contributed by atoms with Crippen LogP contribution in [0.25, 0.3) is 0 Å². The van der Waals surface area contributed by atoms with E-state index in [2.05, 4.69) is 0 Å². The quantitative estimate of drug-likeness (QED) is 0.742. The van der Waals surface area contributed by atoms with Crippen LogP contribution in [0.1, 0.15) is 12.8 Å². The zero-order valence-corrected chi connectivity index (χ0v) is 9.77. The van der Waals surface area contributed by atoms with E-state index in [9.17, 15) is 31.2 Å². The number of hydrogen-bond acceptors (Lipinski definition) is 4. The van der Waals surface area contributed by atoms with Gasteiger partial charge in [0.25, 0.3) is 0 Å². The third-order valence-corrected chi connectivity index (χ3v) is 5.31. The topological polar surface area (TPSA) is 101 Å². The van der Waals surface area contributed by atoms with Crippen molar-refractivity contribution in [2.24, 2.45) is 0 Å². The number of sulfone groups is 1. The van der Waals surface area contributed by atoms with Crippen molar-refractivity contribution in [1.82, 2.24) is 5.32 Å². The lowest BCUT2D eigenvalue weighted by Crippen LogP contribution is -2.54. The molecule has 1 aliphatic rings. The Bertz CT molecular complexity index is 472. The average Bonchev–Trinajstić information content (AvgIpc) is 2.49. The minimum absolute atomic E-state index is 0.0382. The second-order valence-corrected chi connectivity index (χ2v) is 6.32. The molecule has 0 aromatic rings. The number of carboxylic acids is 1. The molecule has 2 N–H and O–H groups in total. The number of nitrogens with one attached hydrogen (secondary N) is 1. The predicted octanol–water partition coefficient (Wildman–Crippen LogP) is -0.303. The summed E-state index contributed by atoms with van der Waals surface area (Å²) in [5, 5.41) is 10.2. The number of rotatable bonds is 3. The Balaban J connectivity index is 2.91. The lowest BCUT2D eigenvalue weighted by Gasteiger charge is -2.23. The fourth-order valence-corrected chi connectivity index (χ4v) is 3.66. The van der Waals surface area contributed by atoms with Crippen LogP contribution in [0, 0.1) is 0 Å². The highest BCUT2D eigenvalue weighted by molar-refractivity contribution is 7.93. The molecule has 1 fully saturated rings. The zero-order valence-electron chi connectivity index (χ0n) is 8.95. The second-order valence-electron chi connectivity index (χ2n) is 3.90. The molecule has 0 aromatic carbocycles.